The molecule has 79 valence electrons. The molecule has 0 bridgehead atoms. The van der Waals surface area contributed by atoms with Crippen molar-refractivity contribution in [1.82, 2.24) is 0 Å². The van der Waals surface area contributed by atoms with Crippen LogP contribution in [0.1, 0.15) is 21.5 Å². The fourth-order valence-electron chi connectivity index (χ4n) is 1.49. The first-order valence-corrected chi connectivity index (χ1v) is 5.33. The van der Waals surface area contributed by atoms with Gasteiger partial charge < -0.3 is 0 Å². The van der Waals surface area contributed by atoms with E-state index < -0.39 is 0 Å². The summed E-state index contributed by atoms with van der Waals surface area (Å²) in [5, 5.41) is 0.584. The maximum absolute atomic E-state index is 12.0. The molecular formula is C14H10ClO. The van der Waals surface area contributed by atoms with E-state index in [2.05, 4.69) is 6.07 Å². The molecule has 0 spiro atoms. The van der Waals surface area contributed by atoms with Gasteiger partial charge in [-0.3, -0.25) is 4.79 Å². The minimum absolute atomic E-state index is 0.0274. The summed E-state index contributed by atoms with van der Waals surface area (Å²) in [6, 6.07) is 15.4. The van der Waals surface area contributed by atoms with Gasteiger partial charge in [0.2, 0.25) is 0 Å². The van der Waals surface area contributed by atoms with Crippen LogP contribution in [0.4, 0.5) is 0 Å². The Bertz CT molecular complexity index is 515. The first-order chi connectivity index (χ1) is 7.66. The number of carbonyl (C=O) groups excluding carboxylic acids is 1. The van der Waals surface area contributed by atoms with E-state index in [1.54, 1.807) is 24.3 Å². The minimum Gasteiger partial charge on any atom is -0.289 e. The number of benzene rings is 2. The molecule has 0 saturated carbocycles. The molecule has 1 radical (unpaired) electrons. The molecule has 16 heavy (non-hydrogen) atoms. The van der Waals surface area contributed by atoms with Crippen LogP contribution in [-0.2, 0) is 0 Å². The van der Waals surface area contributed by atoms with Crippen LogP contribution in [0.3, 0.4) is 0 Å². The second-order valence-electron chi connectivity index (χ2n) is 3.62. The minimum atomic E-state index is -0.0274. The molecule has 0 aliphatic heterocycles. The zero-order valence-electron chi connectivity index (χ0n) is 8.83. The van der Waals surface area contributed by atoms with Gasteiger partial charge in [-0.2, -0.15) is 0 Å². The number of hydrogen-bond donors (Lipinski definition) is 0. The fraction of sp³-hybridized carbons (Fsp3) is 0.0714. The van der Waals surface area contributed by atoms with Crippen molar-refractivity contribution < 1.29 is 4.79 Å². The van der Waals surface area contributed by atoms with Crippen molar-refractivity contribution in [3.05, 3.63) is 70.2 Å². The van der Waals surface area contributed by atoms with Gasteiger partial charge in [-0.05, 0) is 37.3 Å². The predicted octanol–water partition coefficient (Wildman–Crippen LogP) is 3.68. The van der Waals surface area contributed by atoms with Crippen LogP contribution < -0.4 is 0 Å². The molecule has 0 unspecified atom stereocenters. The molecule has 0 saturated heterocycles. The fourth-order valence-corrected chi connectivity index (χ4v) is 1.61. The predicted molar refractivity (Wildman–Crippen MR) is 64.9 cm³/mol. The lowest BCUT2D eigenvalue weighted by Gasteiger charge is -2.01. The SMILES string of the molecule is Cc1cccc(C(=O)c2[c]cc(Cl)cc2)c1. The lowest BCUT2D eigenvalue weighted by molar-refractivity contribution is 0.103. The van der Waals surface area contributed by atoms with Crippen LogP contribution in [0.25, 0.3) is 0 Å². The van der Waals surface area contributed by atoms with Crippen molar-refractivity contribution in [1.29, 1.82) is 0 Å². The summed E-state index contributed by atoms with van der Waals surface area (Å²) < 4.78 is 0. The van der Waals surface area contributed by atoms with Crippen LogP contribution in [-0.4, -0.2) is 5.78 Å². The molecule has 0 heterocycles. The quantitative estimate of drug-likeness (QED) is 0.718. The molecule has 2 heteroatoms. The highest BCUT2D eigenvalue weighted by Crippen LogP contribution is 2.14. The van der Waals surface area contributed by atoms with E-state index in [4.69, 9.17) is 11.6 Å². The topological polar surface area (TPSA) is 17.1 Å². The summed E-state index contributed by atoms with van der Waals surface area (Å²) in [6.45, 7) is 1.96. The van der Waals surface area contributed by atoms with Crippen molar-refractivity contribution in [2.24, 2.45) is 0 Å². The normalized spacial score (nSPS) is 10.1. The third kappa shape index (κ3) is 2.31. The van der Waals surface area contributed by atoms with Crippen LogP contribution in [0.15, 0.2) is 42.5 Å². The number of ketones is 1. The highest BCUT2D eigenvalue weighted by molar-refractivity contribution is 6.30. The van der Waals surface area contributed by atoms with Gasteiger partial charge in [-0.1, -0.05) is 35.4 Å². The van der Waals surface area contributed by atoms with Crippen LogP contribution >= 0.6 is 11.6 Å². The Morgan fingerprint density at radius 3 is 2.69 bits per heavy atom. The summed E-state index contributed by atoms with van der Waals surface area (Å²) in [7, 11) is 0. The molecule has 0 aromatic heterocycles. The van der Waals surface area contributed by atoms with Gasteiger partial charge in [0.15, 0.2) is 5.78 Å². The number of rotatable bonds is 2. The third-order valence-electron chi connectivity index (χ3n) is 2.30. The molecule has 0 atom stereocenters. The van der Waals surface area contributed by atoms with E-state index in [0.29, 0.717) is 16.1 Å². The molecule has 0 amide bonds. The second-order valence-corrected chi connectivity index (χ2v) is 4.06. The van der Waals surface area contributed by atoms with Crippen LogP contribution in [0.5, 0.6) is 0 Å². The highest BCUT2D eigenvalue weighted by atomic mass is 35.5. The van der Waals surface area contributed by atoms with E-state index in [-0.39, 0.29) is 5.78 Å². The maximum Gasteiger partial charge on any atom is 0.193 e. The van der Waals surface area contributed by atoms with Gasteiger partial charge in [0, 0.05) is 16.1 Å². The second kappa shape index (κ2) is 4.50. The molecule has 0 N–H and O–H groups in total. The largest absolute Gasteiger partial charge is 0.289 e. The Labute approximate surface area is 99.7 Å². The van der Waals surface area contributed by atoms with E-state index in [9.17, 15) is 4.79 Å². The van der Waals surface area contributed by atoms with Gasteiger partial charge in [-0.15, -0.1) is 0 Å². The first-order valence-electron chi connectivity index (χ1n) is 4.95. The maximum atomic E-state index is 12.0. The average molecular weight is 230 g/mol. The smallest absolute Gasteiger partial charge is 0.193 e. The number of aryl methyl sites for hydroxylation is 1. The van der Waals surface area contributed by atoms with Crippen molar-refractivity contribution in [2.45, 2.75) is 6.92 Å². The molecular weight excluding hydrogens is 220 g/mol. The number of hydrogen-bond acceptors (Lipinski definition) is 1. The lowest BCUT2D eigenvalue weighted by Crippen LogP contribution is -2.01. The zero-order chi connectivity index (χ0) is 11.5. The Hall–Kier alpha value is -1.60. The Morgan fingerprint density at radius 2 is 2.06 bits per heavy atom. The monoisotopic (exact) mass is 229 g/mol. The zero-order valence-corrected chi connectivity index (χ0v) is 9.58. The van der Waals surface area contributed by atoms with E-state index in [1.165, 1.54) is 0 Å². The average Bonchev–Trinajstić information content (AvgIpc) is 2.29. The highest BCUT2D eigenvalue weighted by Gasteiger charge is 2.08. The Kier molecular flexibility index (Phi) is 3.07. The molecule has 2 aromatic carbocycles. The molecule has 0 aliphatic rings. The van der Waals surface area contributed by atoms with Gasteiger partial charge in [0.05, 0.1) is 0 Å². The van der Waals surface area contributed by atoms with Crippen molar-refractivity contribution in [3.63, 3.8) is 0 Å². The van der Waals surface area contributed by atoms with Gasteiger partial charge >= 0.3 is 0 Å². The van der Waals surface area contributed by atoms with E-state index in [1.807, 2.05) is 25.1 Å². The van der Waals surface area contributed by atoms with Gasteiger partial charge in [0.1, 0.15) is 0 Å². The van der Waals surface area contributed by atoms with Gasteiger partial charge in [0.25, 0.3) is 0 Å². The van der Waals surface area contributed by atoms with Crippen molar-refractivity contribution in [2.75, 3.05) is 0 Å². The summed E-state index contributed by atoms with van der Waals surface area (Å²) >= 11 is 5.75. The summed E-state index contributed by atoms with van der Waals surface area (Å²) in [4.78, 5) is 12.0. The van der Waals surface area contributed by atoms with Crippen LogP contribution in [0.2, 0.25) is 5.02 Å². The number of halogens is 1. The first kappa shape index (κ1) is 10.9. The van der Waals surface area contributed by atoms with Crippen LogP contribution in [0, 0.1) is 13.0 Å². The molecule has 0 aliphatic carbocycles. The van der Waals surface area contributed by atoms with Crippen molar-refractivity contribution in [3.8, 4) is 0 Å². The summed E-state index contributed by atoms with van der Waals surface area (Å²) in [6.07, 6.45) is 0. The lowest BCUT2D eigenvalue weighted by atomic mass is 10.0. The standard InChI is InChI=1S/C14H10ClO/c1-10-3-2-4-12(9-10)14(16)11-5-7-13(15)8-6-11/h2-5,7-9H,1H3. The Balaban J connectivity index is 2.35. The molecule has 2 rings (SSSR count). The summed E-state index contributed by atoms with van der Waals surface area (Å²) in [5.74, 6) is -0.0274. The van der Waals surface area contributed by atoms with E-state index >= 15 is 0 Å². The van der Waals surface area contributed by atoms with E-state index in [0.717, 1.165) is 5.56 Å². The number of carbonyl (C=O) groups is 1. The molecule has 0 fully saturated rings. The third-order valence-corrected chi connectivity index (χ3v) is 2.53. The summed E-state index contributed by atoms with van der Waals surface area (Å²) in [5.41, 5.74) is 2.29. The van der Waals surface area contributed by atoms with Crippen molar-refractivity contribution >= 4 is 17.4 Å². The molecule has 1 nitrogen and oxygen atoms in total. The molecule has 2 aromatic rings. The van der Waals surface area contributed by atoms with Gasteiger partial charge in [-0.25, -0.2) is 0 Å². The Morgan fingerprint density at radius 1 is 1.25 bits per heavy atom.